The van der Waals surface area contributed by atoms with Gasteiger partial charge in [-0.15, -0.1) is 0 Å². The van der Waals surface area contributed by atoms with Crippen LogP contribution >= 0.6 is 0 Å². The minimum absolute atomic E-state index is 0.0638. The molecule has 0 saturated heterocycles. The molecule has 4 rings (SSSR count). The molecule has 1 amide bonds. The highest BCUT2D eigenvalue weighted by Gasteiger charge is 2.14. The molecule has 0 aliphatic heterocycles. The van der Waals surface area contributed by atoms with Crippen molar-refractivity contribution in [3.8, 4) is 5.75 Å². The molecule has 0 spiro atoms. The predicted octanol–water partition coefficient (Wildman–Crippen LogP) is 5.07. The first-order chi connectivity index (χ1) is 16.5. The van der Waals surface area contributed by atoms with Crippen molar-refractivity contribution >= 4 is 28.7 Å². The molecule has 0 radical (unpaired) electrons. The van der Waals surface area contributed by atoms with Crippen LogP contribution in [0.25, 0.3) is 10.9 Å². The van der Waals surface area contributed by atoms with E-state index in [9.17, 15) is 14.9 Å². The summed E-state index contributed by atoms with van der Waals surface area (Å²) in [5.74, 6) is 0.394. The van der Waals surface area contributed by atoms with Crippen LogP contribution in [0, 0.1) is 17.0 Å². The molecule has 4 aromatic rings. The molecule has 0 saturated carbocycles. The fourth-order valence-electron chi connectivity index (χ4n) is 3.82. The lowest BCUT2D eigenvalue weighted by Gasteiger charge is -2.08. The Kier molecular flexibility index (Phi) is 6.68. The number of rotatable bonds is 8. The van der Waals surface area contributed by atoms with E-state index in [1.54, 1.807) is 42.6 Å². The number of nitro groups is 1. The number of aromatic nitrogens is 1. The van der Waals surface area contributed by atoms with Crippen molar-refractivity contribution in [2.75, 3.05) is 6.61 Å². The van der Waals surface area contributed by atoms with Crippen LogP contribution in [0.2, 0.25) is 0 Å². The van der Waals surface area contributed by atoms with Crippen LogP contribution < -0.4 is 10.2 Å². The second-order valence-corrected chi connectivity index (χ2v) is 7.68. The second-order valence-electron chi connectivity index (χ2n) is 7.68. The molecule has 0 fully saturated rings. The number of nitrogens with one attached hydrogen (secondary N) is 1. The number of nitrogens with zero attached hydrogens (tertiary/aromatic N) is 3. The Morgan fingerprint density at radius 2 is 1.79 bits per heavy atom. The van der Waals surface area contributed by atoms with Gasteiger partial charge in [-0.1, -0.05) is 30.3 Å². The highest BCUT2D eigenvalue weighted by Crippen LogP contribution is 2.26. The average molecular weight is 457 g/mol. The lowest BCUT2D eigenvalue weighted by Crippen LogP contribution is -2.17. The molecule has 8 nitrogen and oxygen atoms in total. The third-order valence-corrected chi connectivity index (χ3v) is 5.55. The van der Waals surface area contributed by atoms with Crippen LogP contribution in [0.1, 0.15) is 34.1 Å². The first-order valence-electron chi connectivity index (χ1n) is 10.9. The smallest absolute Gasteiger partial charge is 0.271 e. The largest absolute Gasteiger partial charge is 0.494 e. The van der Waals surface area contributed by atoms with Crippen LogP contribution in [0.3, 0.4) is 0 Å². The summed E-state index contributed by atoms with van der Waals surface area (Å²) in [6, 6.07) is 21.4. The van der Waals surface area contributed by atoms with Crippen molar-refractivity contribution in [3.63, 3.8) is 0 Å². The van der Waals surface area contributed by atoms with Crippen molar-refractivity contribution in [3.05, 3.63) is 105 Å². The number of carbonyl (C=O) groups excluding carboxylic acids is 1. The molecule has 8 heteroatoms. The third-order valence-electron chi connectivity index (χ3n) is 5.55. The number of amides is 1. The average Bonchev–Trinajstić information content (AvgIpc) is 3.11. The number of hydrogen-bond acceptors (Lipinski definition) is 5. The standard InChI is InChI=1S/C26H24N4O4/c1-3-34-22-14-10-20(11-15-22)26(31)28-27-16-24-18(2)29(25-7-5-4-6-23(24)25)17-19-8-12-21(13-9-19)30(32)33/h4-16H,3,17H2,1-2H3,(H,28,31)/b27-16+. The van der Waals surface area contributed by atoms with Crippen molar-refractivity contribution in [2.24, 2.45) is 5.10 Å². The van der Waals surface area contributed by atoms with E-state index in [2.05, 4.69) is 15.1 Å². The number of fused-ring (bicyclic) bond motifs is 1. The van der Waals surface area contributed by atoms with E-state index < -0.39 is 4.92 Å². The van der Waals surface area contributed by atoms with Crippen molar-refractivity contribution in [1.82, 2.24) is 9.99 Å². The Balaban J connectivity index is 1.55. The van der Waals surface area contributed by atoms with Gasteiger partial charge in [-0.2, -0.15) is 5.10 Å². The monoisotopic (exact) mass is 456 g/mol. The minimum atomic E-state index is -0.406. The van der Waals surface area contributed by atoms with Gasteiger partial charge in [0, 0.05) is 46.4 Å². The molecule has 0 aliphatic rings. The van der Waals surface area contributed by atoms with Gasteiger partial charge in [0.25, 0.3) is 11.6 Å². The topological polar surface area (TPSA) is 98.8 Å². The highest BCUT2D eigenvalue weighted by molar-refractivity contribution is 6.02. The second kappa shape index (κ2) is 9.99. The van der Waals surface area contributed by atoms with E-state index in [4.69, 9.17) is 4.74 Å². The molecule has 0 bridgehead atoms. The van der Waals surface area contributed by atoms with Gasteiger partial charge in [-0.3, -0.25) is 14.9 Å². The lowest BCUT2D eigenvalue weighted by molar-refractivity contribution is -0.384. The summed E-state index contributed by atoms with van der Waals surface area (Å²) < 4.78 is 7.53. The van der Waals surface area contributed by atoms with Crippen LogP contribution in [-0.2, 0) is 6.54 Å². The maximum absolute atomic E-state index is 12.5. The van der Waals surface area contributed by atoms with Gasteiger partial charge in [0.05, 0.1) is 17.7 Å². The maximum atomic E-state index is 12.5. The van der Waals surface area contributed by atoms with E-state index >= 15 is 0 Å². The molecule has 34 heavy (non-hydrogen) atoms. The van der Waals surface area contributed by atoms with E-state index in [0.717, 1.165) is 27.7 Å². The Labute approximate surface area is 196 Å². The maximum Gasteiger partial charge on any atom is 0.271 e. The zero-order valence-corrected chi connectivity index (χ0v) is 18.9. The number of hydrogen-bond donors (Lipinski definition) is 1. The molecule has 1 N–H and O–H groups in total. The molecule has 1 heterocycles. The molecule has 1 aromatic heterocycles. The van der Waals surface area contributed by atoms with Gasteiger partial charge >= 0.3 is 0 Å². The SMILES string of the molecule is CCOc1ccc(C(=O)N/N=C/c2c(C)n(Cc3ccc([N+](=O)[O-])cc3)c3ccccc23)cc1. The van der Waals surface area contributed by atoms with Gasteiger partial charge in [-0.05, 0) is 49.7 Å². The van der Waals surface area contributed by atoms with Crippen LogP contribution in [-0.4, -0.2) is 28.2 Å². The summed E-state index contributed by atoms with van der Waals surface area (Å²) in [6.07, 6.45) is 1.65. The first kappa shape index (κ1) is 22.7. The minimum Gasteiger partial charge on any atom is -0.494 e. The van der Waals surface area contributed by atoms with E-state index in [-0.39, 0.29) is 11.6 Å². The van der Waals surface area contributed by atoms with Crippen LogP contribution in [0.4, 0.5) is 5.69 Å². The van der Waals surface area contributed by atoms with E-state index in [1.807, 2.05) is 38.1 Å². The fraction of sp³-hybridized carbons (Fsp3) is 0.154. The summed E-state index contributed by atoms with van der Waals surface area (Å²) >= 11 is 0. The quantitative estimate of drug-likeness (QED) is 0.227. The highest BCUT2D eigenvalue weighted by atomic mass is 16.6. The summed E-state index contributed by atoms with van der Waals surface area (Å²) in [6.45, 7) is 5.00. The van der Waals surface area contributed by atoms with Crippen LogP contribution in [0.15, 0.2) is 77.9 Å². The fourth-order valence-corrected chi connectivity index (χ4v) is 3.82. The van der Waals surface area contributed by atoms with Crippen molar-refractivity contribution in [1.29, 1.82) is 0 Å². The van der Waals surface area contributed by atoms with Gasteiger partial charge in [-0.25, -0.2) is 5.43 Å². The first-order valence-corrected chi connectivity index (χ1v) is 10.9. The molecular weight excluding hydrogens is 432 g/mol. The Bertz CT molecular complexity index is 1360. The van der Waals surface area contributed by atoms with Crippen LogP contribution in [0.5, 0.6) is 5.75 Å². The zero-order chi connectivity index (χ0) is 24.1. The van der Waals surface area contributed by atoms with Gasteiger partial charge < -0.3 is 9.30 Å². The Morgan fingerprint density at radius 3 is 2.47 bits per heavy atom. The van der Waals surface area contributed by atoms with E-state index in [0.29, 0.717) is 24.5 Å². The number of ether oxygens (including phenoxy) is 1. The molecule has 3 aromatic carbocycles. The number of carbonyl (C=O) groups is 1. The lowest BCUT2D eigenvalue weighted by atomic mass is 10.1. The predicted molar refractivity (Wildman–Crippen MR) is 132 cm³/mol. The van der Waals surface area contributed by atoms with Gasteiger partial charge in [0.2, 0.25) is 0 Å². The van der Waals surface area contributed by atoms with Gasteiger partial charge in [0.15, 0.2) is 0 Å². The Hall–Kier alpha value is -4.46. The molecular formula is C26H24N4O4. The van der Waals surface area contributed by atoms with E-state index in [1.165, 1.54) is 12.1 Å². The van der Waals surface area contributed by atoms with Gasteiger partial charge in [0.1, 0.15) is 5.75 Å². The molecule has 0 aliphatic carbocycles. The number of nitro benzene ring substituents is 1. The third kappa shape index (κ3) is 4.80. The van der Waals surface area contributed by atoms with Crippen molar-refractivity contribution in [2.45, 2.75) is 20.4 Å². The molecule has 0 unspecified atom stereocenters. The number of para-hydroxylation sites is 1. The zero-order valence-electron chi connectivity index (χ0n) is 18.9. The number of non-ortho nitro benzene ring substituents is 1. The summed E-state index contributed by atoms with van der Waals surface area (Å²) in [5.41, 5.74) is 6.95. The Morgan fingerprint density at radius 1 is 1.09 bits per heavy atom. The molecule has 172 valence electrons. The summed E-state index contributed by atoms with van der Waals surface area (Å²) in [4.78, 5) is 23.0. The number of hydrazone groups is 1. The molecule has 0 atom stereocenters. The van der Waals surface area contributed by atoms with Crippen molar-refractivity contribution < 1.29 is 14.5 Å². The normalized spacial score (nSPS) is 11.1. The number of benzene rings is 3. The summed E-state index contributed by atoms with van der Waals surface area (Å²) in [7, 11) is 0. The summed E-state index contributed by atoms with van der Waals surface area (Å²) in [5, 5.41) is 16.1.